The number of hydrogen-bond donors (Lipinski definition) is 2. The van der Waals surface area contributed by atoms with Crippen molar-refractivity contribution in [1.29, 1.82) is 0 Å². The Morgan fingerprint density at radius 3 is 2.82 bits per heavy atom. The first-order chi connectivity index (χ1) is 10.8. The first kappa shape index (κ1) is 14.2. The van der Waals surface area contributed by atoms with Gasteiger partial charge in [0.1, 0.15) is 0 Å². The molecule has 0 saturated carbocycles. The molecule has 2 aliphatic heterocycles. The van der Waals surface area contributed by atoms with Crippen LogP contribution in [0.2, 0.25) is 0 Å². The molecule has 0 unspecified atom stereocenters. The van der Waals surface area contributed by atoms with Crippen LogP contribution in [0.1, 0.15) is 24.0 Å². The van der Waals surface area contributed by atoms with Crippen molar-refractivity contribution >= 4 is 10.9 Å². The van der Waals surface area contributed by atoms with E-state index in [2.05, 4.69) is 46.5 Å². The molecule has 2 aromatic rings. The number of hydrogen-bond acceptors (Lipinski definition) is 3. The maximum absolute atomic E-state index is 5.54. The molecular formula is C18H25N3O. The standard InChI is InChI=1S/C18H25N3O/c1-14-5-4-6-16-17(14)15(10-20-16)9-19-11-18(12-22-13-18)21-7-2-3-8-21/h4-6,10,19-20H,2-3,7-9,11-13H2,1H3. The van der Waals surface area contributed by atoms with Crippen LogP contribution >= 0.6 is 0 Å². The van der Waals surface area contributed by atoms with E-state index in [0.29, 0.717) is 0 Å². The number of aryl methyl sites for hydroxylation is 1. The van der Waals surface area contributed by atoms with Gasteiger partial charge >= 0.3 is 0 Å². The van der Waals surface area contributed by atoms with Crippen molar-refractivity contribution in [3.63, 3.8) is 0 Å². The van der Waals surface area contributed by atoms with Crippen LogP contribution in [-0.4, -0.2) is 48.3 Å². The van der Waals surface area contributed by atoms with E-state index < -0.39 is 0 Å². The van der Waals surface area contributed by atoms with Gasteiger partial charge in [0.05, 0.1) is 18.8 Å². The molecule has 3 heterocycles. The third-order valence-corrected chi connectivity index (χ3v) is 5.28. The lowest BCUT2D eigenvalue weighted by atomic mass is 9.95. The number of H-pyrrole nitrogens is 1. The zero-order valence-electron chi connectivity index (χ0n) is 13.3. The quantitative estimate of drug-likeness (QED) is 0.891. The number of fused-ring (bicyclic) bond motifs is 1. The van der Waals surface area contributed by atoms with Crippen molar-refractivity contribution in [3.05, 3.63) is 35.5 Å². The van der Waals surface area contributed by atoms with Crippen LogP contribution in [0.25, 0.3) is 10.9 Å². The molecule has 1 aromatic carbocycles. The summed E-state index contributed by atoms with van der Waals surface area (Å²) in [7, 11) is 0. The van der Waals surface area contributed by atoms with Crippen molar-refractivity contribution in [3.8, 4) is 0 Å². The molecule has 2 fully saturated rings. The number of ether oxygens (including phenoxy) is 1. The highest BCUT2D eigenvalue weighted by Crippen LogP contribution is 2.29. The molecule has 4 heteroatoms. The number of rotatable bonds is 5. The topological polar surface area (TPSA) is 40.3 Å². The summed E-state index contributed by atoms with van der Waals surface area (Å²) in [5.74, 6) is 0. The third-order valence-electron chi connectivity index (χ3n) is 5.28. The molecule has 118 valence electrons. The molecule has 4 nitrogen and oxygen atoms in total. The smallest absolute Gasteiger partial charge is 0.0804 e. The van der Waals surface area contributed by atoms with Gasteiger partial charge in [-0.25, -0.2) is 0 Å². The van der Waals surface area contributed by atoms with Crippen molar-refractivity contribution < 1.29 is 4.74 Å². The van der Waals surface area contributed by atoms with Gasteiger partial charge in [0.15, 0.2) is 0 Å². The van der Waals surface area contributed by atoms with Gasteiger partial charge in [0.25, 0.3) is 0 Å². The molecule has 2 aliphatic rings. The first-order valence-corrected chi connectivity index (χ1v) is 8.38. The highest BCUT2D eigenvalue weighted by atomic mass is 16.5. The predicted octanol–water partition coefficient (Wildman–Crippen LogP) is 2.43. The average Bonchev–Trinajstić information content (AvgIpc) is 3.12. The van der Waals surface area contributed by atoms with Crippen LogP contribution in [0.15, 0.2) is 24.4 Å². The van der Waals surface area contributed by atoms with Gasteiger partial charge in [0, 0.05) is 30.2 Å². The van der Waals surface area contributed by atoms with Crippen LogP contribution in [0.4, 0.5) is 0 Å². The number of nitrogens with one attached hydrogen (secondary N) is 2. The average molecular weight is 299 g/mol. The second-order valence-corrected chi connectivity index (χ2v) is 6.83. The van der Waals surface area contributed by atoms with Crippen molar-refractivity contribution in [2.75, 3.05) is 32.8 Å². The monoisotopic (exact) mass is 299 g/mol. The SMILES string of the molecule is Cc1cccc2[nH]cc(CNCC3(N4CCCC4)COC3)c12. The van der Waals surface area contributed by atoms with Crippen LogP contribution < -0.4 is 5.32 Å². The molecule has 4 rings (SSSR count). The number of aromatic nitrogens is 1. The van der Waals surface area contributed by atoms with Gasteiger partial charge in [-0.1, -0.05) is 12.1 Å². The Morgan fingerprint density at radius 2 is 2.09 bits per heavy atom. The molecule has 0 atom stereocenters. The minimum absolute atomic E-state index is 0.248. The van der Waals surface area contributed by atoms with Gasteiger partial charge in [-0.3, -0.25) is 4.90 Å². The highest BCUT2D eigenvalue weighted by Gasteiger charge is 2.44. The summed E-state index contributed by atoms with van der Waals surface area (Å²) in [4.78, 5) is 6.01. The zero-order chi connectivity index (χ0) is 15.0. The largest absolute Gasteiger partial charge is 0.377 e. The third kappa shape index (κ3) is 2.35. The molecular weight excluding hydrogens is 274 g/mol. The molecule has 22 heavy (non-hydrogen) atoms. The molecule has 0 amide bonds. The summed E-state index contributed by atoms with van der Waals surface area (Å²) >= 11 is 0. The minimum atomic E-state index is 0.248. The number of aromatic amines is 1. The fourth-order valence-electron chi connectivity index (χ4n) is 3.95. The summed E-state index contributed by atoms with van der Waals surface area (Å²) in [6, 6.07) is 6.45. The van der Waals surface area contributed by atoms with E-state index in [1.165, 1.54) is 48.0 Å². The Morgan fingerprint density at radius 1 is 1.27 bits per heavy atom. The summed E-state index contributed by atoms with van der Waals surface area (Å²) in [5.41, 5.74) is 4.19. The normalized spacial score (nSPS) is 21.3. The molecule has 0 spiro atoms. The van der Waals surface area contributed by atoms with Gasteiger partial charge in [-0.2, -0.15) is 0 Å². The van der Waals surface area contributed by atoms with Crippen molar-refractivity contribution in [2.45, 2.75) is 31.8 Å². The number of benzene rings is 1. The zero-order valence-corrected chi connectivity index (χ0v) is 13.3. The van der Waals surface area contributed by atoms with Crippen LogP contribution in [-0.2, 0) is 11.3 Å². The second-order valence-electron chi connectivity index (χ2n) is 6.83. The highest BCUT2D eigenvalue weighted by molar-refractivity contribution is 5.86. The molecule has 2 N–H and O–H groups in total. The van der Waals surface area contributed by atoms with E-state index in [0.717, 1.165) is 26.3 Å². The van der Waals surface area contributed by atoms with Crippen LogP contribution in [0.3, 0.4) is 0 Å². The molecule has 0 aliphatic carbocycles. The van der Waals surface area contributed by atoms with Crippen molar-refractivity contribution in [1.82, 2.24) is 15.2 Å². The Labute approximate surface area is 131 Å². The summed E-state index contributed by atoms with van der Waals surface area (Å²) in [5, 5.41) is 5.06. The van der Waals surface area contributed by atoms with E-state index >= 15 is 0 Å². The van der Waals surface area contributed by atoms with E-state index in [4.69, 9.17) is 4.74 Å². The van der Waals surface area contributed by atoms with Crippen LogP contribution in [0.5, 0.6) is 0 Å². The first-order valence-electron chi connectivity index (χ1n) is 8.38. The lowest BCUT2D eigenvalue weighted by Gasteiger charge is -2.48. The Hall–Kier alpha value is -1.36. The van der Waals surface area contributed by atoms with Crippen molar-refractivity contribution in [2.24, 2.45) is 0 Å². The maximum Gasteiger partial charge on any atom is 0.0804 e. The van der Waals surface area contributed by atoms with E-state index in [-0.39, 0.29) is 5.54 Å². The summed E-state index contributed by atoms with van der Waals surface area (Å²) in [6.45, 7) is 8.35. The van der Waals surface area contributed by atoms with Crippen LogP contribution in [0, 0.1) is 6.92 Å². The van der Waals surface area contributed by atoms with Gasteiger partial charge in [-0.05, 0) is 50.0 Å². The molecule has 0 radical (unpaired) electrons. The fourth-order valence-corrected chi connectivity index (χ4v) is 3.95. The molecule has 0 bridgehead atoms. The second kappa shape index (κ2) is 5.69. The number of likely N-dealkylation sites (tertiary alicyclic amines) is 1. The van der Waals surface area contributed by atoms with Gasteiger partial charge < -0.3 is 15.0 Å². The van der Waals surface area contributed by atoms with Gasteiger partial charge in [-0.15, -0.1) is 0 Å². The lowest BCUT2D eigenvalue weighted by molar-refractivity contribution is -0.131. The minimum Gasteiger partial charge on any atom is -0.377 e. The Kier molecular flexibility index (Phi) is 3.68. The maximum atomic E-state index is 5.54. The Bertz CT molecular complexity index is 653. The summed E-state index contributed by atoms with van der Waals surface area (Å²) in [6.07, 6.45) is 4.82. The number of nitrogens with zero attached hydrogens (tertiary/aromatic N) is 1. The van der Waals surface area contributed by atoms with E-state index in [9.17, 15) is 0 Å². The molecule has 1 aromatic heterocycles. The van der Waals surface area contributed by atoms with Gasteiger partial charge in [0.2, 0.25) is 0 Å². The molecule has 2 saturated heterocycles. The summed E-state index contributed by atoms with van der Waals surface area (Å²) < 4.78 is 5.54. The van der Waals surface area contributed by atoms with E-state index in [1.54, 1.807) is 0 Å². The Balaban J connectivity index is 1.43. The van der Waals surface area contributed by atoms with E-state index in [1.807, 2.05) is 0 Å². The lowest BCUT2D eigenvalue weighted by Crippen LogP contribution is -2.66. The predicted molar refractivity (Wildman–Crippen MR) is 89.1 cm³/mol. The fraction of sp³-hybridized carbons (Fsp3) is 0.556.